The van der Waals surface area contributed by atoms with Crippen LogP contribution < -0.4 is 0 Å². The van der Waals surface area contributed by atoms with Crippen molar-refractivity contribution < 1.29 is 29.3 Å². The van der Waals surface area contributed by atoms with Gasteiger partial charge in [-0.1, -0.05) is 0 Å². The maximum atomic E-state index is 10.3. The standard InChI is InChI=1S/C7H10Cl2O6/c8-5(12)14-3-7(1-10,2-11)4-15-6(9)13/h10-11H,1-4H2. The number of rotatable bonds is 6. The third kappa shape index (κ3) is 5.78. The molecule has 0 saturated heterocycles. The molecule has 0 bridgehead atoms. The summed E-state index contributed by atoms with van der Waals surface area (Å²) in [6.45, 7) is -1.88. The topological polar surface area (TPSA) is 93.1 Å². The molecule has 88 valence electrons. The zero-order chi connectivity index (χ0) is 11.9. The van der Waals surface area contributed by atoms with E-state index < -0.39 is 29.5 Å². The van der Waals surface area contributed by atoms with Gasteiger partial charge in [0, 0.05) is 23.2 Å². The van der Waals surface area contributed by atoms with Crippen molar-refractivity contribution in [1.29, 1.82) is 0 Å². The van der Waals surface area contributed by atoms with Crippen LogP contribution in [0.25, 0.3) is 0 Å². The summed E-state index contributed by atoms with van der Waals surface area (Å²) in [5.41, 5.74) is -3.47. The predicted molar refractivity (Wildman–Crippen MR) is 51.0 cm³/mol. The Morgan fingerprint density at radius 3 is 1.53 bits per heavy atom. The van der Waals surface area contributed by atoms with Crippen LogP contribution in [0.2, 0.25) is 0 Å². The molecule has 0 fully saturated rings. The van der Waals surface area contributed by atoms with Crippen molar-refractivity contribution in [3.05, 3.63) is 0 Å². The Labute approximate surface area is 95.7 Å². The minimum absolute atomic E-state index is 0.382. The van der Waals surface area contributed by atoms with E-state index in [4.69, 9.17) is 33.4 Å². The van der Waals surface area contributed by atoms with Gasteiger partial charge in [0.25, 0.3) is 0 Å². The quantitative estimate of drug-likeness (QED) is 0.684. The summed E-state index contributed by atoms with van der Waals surface area (Å²) in [5.74, 6) is 0. The average Bonchev–Trinajstić information content (AvgIpc) is 2.19. The molecule has 15 heavy (non-hydrogen) atoms. The molecule has 0 amide bonds. The van der Waals surface area contributed by atoms with Gasteiger partial charge in [-0.05, 0) is 0 Å². The highest BCUT2D eigenvalue weighted by atomic mass is 35.5. The number of aliphatic hydroxyl groups excluding tert-OH is 2. The van der Waals surface area contributed by atoms with Gasteiger partial charge in [0.2, 0.25) is 0 Å². The third-order valence-corrected chi connectivity index (χ3v) is 1.87. The van der Waals surface area contributed by atoms with E-state index in [2.05, 4.69) is 9.47 Å². The Kier molecular flexibility index (Phi) is 6.58. The summed E-state index contributed by atoms with van der Waals surface area (Å²) in [6, 6.07) is 0. The molecule has 0 aliphatic rings. The Balaban J connectivity index is 4.29. The number of hydrogen-bond acceptors (Lipinski definition) is 6. The molecule has 0 unspecified atom stereocenters. The van der Waals surface area contributed by atoms with E-state index in [1.807, 2.05) is 0 Å². The normalized spacial score (nSPS) is 10.9. The van der Waals surface area contributed by atoms with E-state index in [0.717, 1.165) is 0 Å². The number of hydrogen-bond donors (Lipinski definition) is 2. The van der Waals surface area contributed by atoms with Gasteiger partial charge in [0.05, 0.1) is 18.6 Å². The van der Waals surface area contributed by atoms with Crippen LogP contribution in [0.5, 0.6) is 0 Å². The Hall–Kier alpha value is -0.560. The van der Waals surface area contributed by atoms with Crippen molar-refractivity contribution >= 4 is 34.1 Å². The van der Waals surface area contributed by atoms with E-state index in [9.17, 15) is 9.59 Å². The second-order valence-corrected chi connectivity index (χ2v) is 3.49. The van der Waals surface area contributed by atoms with Crippen molar-refractivity contribution in [2.75, 3.05) is 26.4 Å². The molecular formula is C7H10Cl2O6. The van der Waals surface area contributed by atoms with Crippen LogP contribution in [0.3, 0.4) is 0 Å². The number of carbonyl (C=O) groups excluding carboxylic acids is 2. The summed E-state index contributed by atoms with van der Waals surface area (Å²) in [7, 11) is 0. The molecule has 6 nitrogen and oxygen atoms in total. The molecule has 0 spiro atoms. The fourth-order valence-electron chi connectivity index (χ4n) is 0.694. The summed E-state index contributed by atoms with van der Waals surface area (Å²) in [4.78, 5) is 20.6. The summed E-state index contributed by atoms with van der Waals surface area (Å²) >= 11 is 9.80. The Morgan fingerprint density at radius 1 is 1.00 bits per heavy atom. The van der Waals surface area contributed by atoms with Crippen molar-refractivity contribution in [2.24, 2.45) is 5.41 Å². The molecule has 0 radical (unpaired) electrons. The maximum absolute atomic E-state index is 10.3. The monoisotopic (exact) mass is 260 g/mol. The van der Waals surface area contributed by atoms with Crippen molar-refractivity contribution in [2.45, 2.75) is 0 Å². The van der Waals surface area contributed by atoms with Gasteiger partial charge in [-0.2, -0.15) is 0 Å². The van der Waals surface area contributed by atoms with Gasteiger partial charge in [-0.15, -0.1) is 0 Å². The molecule has 2 N–H and O–H groups in total. The largest absolute Gasteiger partial charge is 0.453 e. The van der Waals surface area contributed by atoms with Crippen LogP contribution >= 0.6 is 23.2 Å². The number of carbonyl (C=O) groups is 2. The van der Waals surface area contributed by atoms with Gasteiger partial charge < -0.3 is 19.7 Å². The Bertz CT molecular complexity index is 208. The minimum Gasteiger partial charge on any atom is -0.453 e. The first-order valence-corrected chi connectivity index (χ1v) is 4.57. The second-order valence-electron chi connectivity index (χ2n) is 2.87. The van der Waals surface area contributed by atoms with Crippen LogP contribution in [-0.2, 0) is 9.47 Å². The lowest BCUT2D eigenvalue weighted by Crippen LogP contribution is -2.40. The highest BCUT2D eigenvalue weighted by Gasteiger charge is 2.32. The second kappa shape index (κ2) is 6.84. The molecular weight excluding hydrogens is 251 g/mol. The lowest BCUT2D eigenvalue weighted by atomic mass is 9.92. The summed E-state index contributed by atoms with van der Waals surface area (Å²) < 4.78 is 8.79. The smallest absolute Gasteiger partial charge is 0.403 e. The fourth-order valence-corrected chi connectivity index (χ4v) is 0.803. The molecule has 0 aliphatic heterocycles. The van der Waals surface area contributed by atoms with Gasteiger partial charge in [0.1, 0.15) is 13.2 Å². The molecule has 8 heteroatoms. The third-order valence-electron chi connectivity index (χ3n) is 1.65. The minimum atomic E-state index is -1.30. The summed E-state index contributed by atoms with van der Waals surface area (Å²) in [6.07, 6.45) is 0. The Morgan fingerprint density at radius 2 is 1.33 bits per heavy atom. The van der Waals surface area contributed by atoms with Gasteiger partial charge in [0.15, 0.2) is 0 Å². The zero-order valence-corrected chi connectivity index (χ0v) is 9.12. The van der Waals surface area contributed by atoms with Crippen LogP contribution in [0.15, 0.2) is 0 Å². The first kappa shape index (κ1) is 14.4. The van der Waals surface area contributed by atoms with E-state index in [-0.39, 0.29) is 13.2 Å². The van der Waals surface area contributed by atoms with Crippen molar-refractivity contribution in [3.8, 4) is 0 Å². The van der Waals surface area contributed by atoms with Gasteiger partial charge in [-0.3, -0.25) is 0 Å². The van der Waals surface area contributed by atoms with E-state index in [0.29, 0.717) is 0 Å². The predicted octanol–water partition coefficient (Wildman–Crippen LogP) is 0.708. The molecule has 0 aromatic carbocycles. The van der Waals surface area contributed by atoms with E-state index in [1.165, 1.54) is 0 Å². The highest BCUT2D eigenvalue weighted by Crippen LogP contribution is 2.18. The number of aliphatic hydroxyl groups is 2. The lowest BCUT2D eigenvalue weighted by Gasteiger charge is -2.27. The molecule has 0 aromatic rings. The molecule has 0 heterocycles. The summed E-state index contributed by atoms with van der Waals surface area (Å²) in [5, 5.41) is 17.9. The van der Waals surface area contributed by atoms with Crippen LogP contribution in [0.1, 0.15) is 0 Å². The van der Waals surface area contributed by atoms with Crippen LogP contribution in [-0.4, -0.2) is 47.5 Å². The first-order chi connectivity index (χ1) is 6.95. The van der Waals surface area contributed by atoms with Crippen molar-refractivity contribution in [3.63, 3.8) is 0 Å². The lowest BCUT2D eigenvalue weighted by molar-refractivity contribution is -0.0346. The fraction of sp³-hybridized carbons (Fsp3) is 0.714. The molecule has 0 rings (SSSR count). The molecule has 0 saturated carbocycles. The number of halogens is 2. The SMILES string of the molecule is O=C(Cl)OCC(CO)(CO)COC(=O)Cl. The molecule has 0 aliphatic carbocycles. The van der Waals surface area contributed by atoms with Crippen LogP contribution in [0.4, 0.5) is 9.59 Å². The molecule has 0 aromatic heterocycles. The zero-order valence-electron chi connectivity index (χ0n) is 7.61. The van der Waals surface area contributed by atoms with Crippen molar-refractivity contribution in [1.82, 2.24) is 0 Å². The average molecular weight is 261 g/mol. The van der Waals surface area contributed by atoms with Gasteiger partial charge in [-0.25, -0.2) is 9.59 Å². The van der Waals surface area contributed by atoms with Gasteiger partial charge >= 0.3 is 10.9 Å². The maximum Gasteiger partial charge on any atom is 0.403 e. The number of ether oxygens (including phenoxy) is 2. The van der Waals surface area contributed by atoms with E-state index in [1.54, 1.807) is 0 Å². The molecule has 0 atom stereocenters. The van der Waals surface area contributed by atoms with Crippen LogP contribution in [0, 0.1) is 5.41 Å². The first-order valence-electron chi connectivity index (χ1n) is 3.82. The highest BCUT2D eigenvalue weighted by molar-refractivity contribution is 6.61. The van der Waals surface area contributed by atoms with E-state index >= 15 is 0 Å².